The number of halogens is 2. The van der Waals surface area contributed by atoms with Crippen LogP contribution in [0, 0.1) is 23.7 Å². The molecular weight excluding hydrogens is 863 g/mol. The summed E-state index contributed by atoms with van der Waals surface area (Å²) in [5, 5.41) is 6.39. The Balaban J connectivity index is 0.829. The van der Waals surface area contributed by atoms with Gasteiger partial charge in [-0.05, 0) is 74.3 Å². The number of aromatic amines is 2. The minimum absolute atomic E-state index is 0.0881. The van der Waals surface area contributed by atoms with Crippen LogP contribution in [0.3, 0.4) is 0 Å². The maximum Gasteiger partial charge on any atom is 0.407 e. The van der Waals surface area contributed by atoms with Crippen molar-refractivity contribution in [2.45, 2.75) is 87.6 Å². The van der Waals surface area contributed by atoms with E-state index in [-0.39, 0.29) is 47.8 Å². The molecule has 10 atom stereocenters. The Hall–Kier alpha value is -5.16. The van der Waals surface area contributed by atoms with Crippen LogP contribution in [0.5, 0.6) is 0 Å². The molecule has 0 bridgehead atoms. The van der Waals surface area contributed by atoms with Crippen LogP contribution in [0.25, 0.3) is 33.6 Å². The van der Waals surface area contributed by atoms with Crippen LogP contribution in [0.2, 0.25) is 10.3 Å². The molecule has 10 rings (SSSR count). The lowest BCUT2D eigenvalue weighted by Gasteiger charge is -2.35. The number of amides is 4. The fourth-order valence-corrected chi connectivity index (χ4v) is 11.1. The Kier molecular flexibility index (Phi) is 11.8. The average molecular weight is 916 g/mol. The normalized spacial score (nSPS) is 27.8. The van der Waals surface area contributed by atoms with Gasteiger partial charge in [-0.25, -0.2) is 19.6 Å². The van der Waals surface area contributed by atoms with E-state index in [0.29, 0.717) is 71.6 Å². The number of benzene rings is 2. The van der Waals surface area contributed by atoms with Crippen molar-refractivity contribution in [1.29, 1.82) is 0 Å². The molecule has 6 aliphatic rings. The van der Waals surface area contributed by atoms with Crippen LogP contribution in [-0.4, -0.2) is 119 Å². The largest absolute Gasteiger partial charge is 0.453 e. The number of hydrogen-bond donors (Lipinski definition) is 4. The predicted octanol–water partition coefficient (Wildman–Crippen LogP) is 7.07. The Bertz CT molecular complexity index is 2230. The lowest BCUT2D eigenvalue weighted by molar-refractivity contribution is -0.139. The van der Waals surface area contributed by atoms with Gasteiger partial charge >= 0.3 is 12.2 Å². The number of nitrogens with one attached hydrogen (secondary N) is 4. The predicted molar refractivity (Wildman–Crippen MR) is 235 cm³/mol. The number of alkyl carbamates (subject to hydrolysis) is 2. The van der Waals surface area contributed by atoms with Crippen molar-refractivity contribution in [3.8, 4) is 33.6 Å². The highest BCUT2D eigenvalue weighted by atomic mass is 35.5. The van der Waals surface area contributed by atoms with E-state index in [2.05, 4.69) is 20.6 Å². The lowest BCUT2D eigenvalue weighted by Crippen LogP contribution is -2.54. The summed E-state index contributed by atoms with van der Waals surface area (Å²) in [6.07, 6.45) is 5.26. The molecule has 18 heteroatoms. The number of imidazole rings is 2. The first-order valence-electron chi connectivity index (χ1n) is 22.3. The van der Waals surface area contributed by atoms with Crippen LogP contribution in [0.4, 0.5) is 9.59 Å². The van der Waals surface area contributed by atoms with Gasteiger partial charge in [-0.3, -0.25) is 9.59 Å². The van der Waals surface area contributed by atoms with E-state index in [1.54, 1.807) is 0 Å². The molecular formula is C46H52Cl2N8O8. The van der Waals surface area contributed by atoms with E-state index in [0.717, 1.165) is 73.6 Å². The number of rotatable bonds is 11. The first kappa shape index (κ1) is 42.8. The molecule has 4 saturated heterocycles. The standard InChI is InChI=1S/C46H52Cl2N8O8/c1-61-45(59)51-37(27-5-3-15-63-21-27)43(57)55-31-17-29(31)19-33(55)41-49-35(39(47)53-41)25-11-7-23(8-12-25)24-9-13-26(14-10-24)36-40(48)54-42(50-36)34-20-30-18-32(30)56(34)44(58)38(52-46(60)62-2)28-6-4-16-64-22-28/h7-14,27-34,37-38H,3-6,15-22H2,1-2H3,(H,49,53)(H,50,54)(H,51,59)(H,52,60)/t27-,28-,29-,30-,31-,32-,33+,34+,37?,38?/m1/s1. The lowest BCUT2D eigenvalue weighted by atomic mass is 9.92. The summed E-state index contributed by atoms with van der Waals surface area (Å²) < 4.78 is 21.2. The highest BCUT2D eigenvalue weighted by molar-refractivity contribution is 6.32. The van der Waals surface area contributed by atoms with Gasteiger partial charge in [0.15, 0.2) is 0 Å². The van der Waals surface area contributed by atoms with Crippen molar-refractivity contribution >= 4 is 47.2 Å². The smallest absolute Gasteiger partial charge is 0.407 e. The molecule has 4 amide bonds. The fraction of sp³-hybridized carbons (Fsp3) is 0.522. The van der Waals surface area contributed by atoms with Gasteiger partial charge in [-0.2, -0.15) is 0 Å². The maximum atomic E-state index is 14.3. The van der Waals surface area contributed by atoms with Gasteiger partial charge in [-0.15, -0.1) is 0 Å². The van der Waals surface area contributed by atoms with E-state index in [9.17, 15) is 19.2 Å². The Morgan fingerprint density at radius 1 is 0.641 bits per heavy atom. The first-order valence-corrected chi connectivity index (χ1v) is 23.1. The minimum Gasteiger partial charge on any atom is -0.453 e. The highest BCUT2D eigenvalue weighted by Crippen LogP contribution is 2.55. The van der Waals surface area contributed by atoms with Crippen molar-refractivity contribution in [2.75, 3.05) is 40.6 Å². The van der Waals surface area contributed by atoms with Crippen molar-refractivity contribution < 1.29 is 38.1 Å². The Morgan fingerprint density at radius 2 is 1.03 bits per heavy atom. The van der Waals surface area contributed by atoms with Gasteiger partial charge in [0, 0.05) is 48.3 Å². The van der Waals surface area contributed by atoms with Crippen LogP contribution in [0.15, 0.2) is 48.5 Å². The van der Waals surface area contributed by atoms with E-state index in [1.807, 2.05) is 58.3 Å². The number of likely N-dealkylation sites (tertiary alicyclic amines) is 2. The average Bonchev–Trinajstić information content (AvgIpc) is 4.04. The van der Waals surface area contributed by atoms with Crippen LogP contribution in [0.1, 0.15) is 75.1 Å². The monoisotopic (exact) mass is 914 g/mol. The molecule has 2 aromatic carbocycles. The molecule has 338 valence electrons. The molecule has 4 aliphatic heterocycles. The molecule has 0 radical (unpaired) electrons. The van der Waals surface area contributed by atoms with Crippen LogP contribution in [-0.2, 0) is 28.5 Å². The summed E-state index contributed by atoms with van der Waals surface area (Å²) >= 11 is 13.6. The quantitative estimate of drug-likeness (QED) is 0.121. The number of carbonyl (C=O) groups is 4. The summed E-state index contributed by atoms with van der Waals surface area (Å²) in [6, 6.07) is 14.0. The van der Waals surface area contributed by atoms with Crippen LogP contribution < -0.4 is 10.6 Å². The first-order chi connectivity index (χ1) is 31.1. The molecule has 6 heterocycles. The van der Waals surface area contributed by atoms with Gasteiger partial charge in [0.05, 0.1) is 39.5 Å². The van der Waals surface area contributed by atoms with Gasteiger partial charge in [-0.1, -0.05) is 71.7 Å². The number of methoxy groups -OCH3 is 2. The zero-order chi connectivity index (χ0) is 44.2. The summed E-state index contributed by atoms with van der Waals surface area (Å²) in [5.41, 5.74) is 4.81. The second-order valence-electron chi connectivity index (χ2n) is 18.0. The number of fused-ring (bicyclic) bond motifs is 2. The van der Waals surface area contributed by atoms with Crippen molar-refractivity contribution in [3.63, 3.8) is 0 Å². The SMILES string of the molecule is COC(=O)NC(C(=O)N1[C@@H]2C[C@@H]2C[C@H]1c1nc(-c2ccc(-c3ccc(-c4nc([C@@H]5C[C@H]6C[C@H]6N5C(=O)C(NC(=O)OC)[C@@H]5CCCOC5)[nH]c4Cl)cc3)cc2)c(Cl)[nH]1)[C@@H]1CCCOC1. The number of ether oxygens (including phenoxy) is 4. The van der Waals surface area contributed by atoms with Gasteiger partial charge < -0.3 is 49.3 Å². The summed E-state index contributed by atoms with van der Waals surface area (Å²) in [6.45, 7) is 2.07. The molecule has 4 N–H and O–H groups in total. The van der Waals surface area contributed by atoms with Crippen molar-refractivity contribution in [2.24, 2.45) is 23.7 Å². The summed E-state index contributed by atoms with van der Waals surface area (Å²) in [5.74, 6) is 1.38. The van der Waals surface area contributed by atoms with Crippen molar-refractivity contribution in [1.82, 2.24) is 40.4 Å². The number of carbonyl (C=O) groups excluding carboxylic acids is 4. The fourth-order valence-electron chi connectivity index (χ4n) is 10.6. The van der Waals surface area contributed by atoms with E-state index in [1.165, 1.54) is 14.2 Å². The number of aromatic nitrogens is 4. The third-order valence-corrected chi connectivity index (χ3v) is 14.7. The summed E-state index contributed by atoms with van der Waals surface area (Å²) in [4.78, 5) is 73.5. The second-order valence-corrected chi connectivity index (χ2v) is 18.8. The zero-order valence-corrected chi connectivity index (χ0v) is 37.2. The number of nitrogens with zero attached hydrogens (tertiary/aromatic N) is 4. The molecule has 2 unspecified atom stereocenters. The third kappa shape index (κ3) is 8.22. The molecule has 0 spiro atoms. The number of piperidine rings is 2. The van der Waals surface area contributed by atoms with Crippen LogP contribution >= 0.6 is 23.2 Å². The van der Waals surface area contributed by atoms with E-state index in [4.69, 9.17) is 52.1 Å². The molecule has 2 aliphatic carbocycles. The Morgan fingerprint density at radius 3 is 1.39 bits per heavy atom. The second kappa shape index (κ2) is 17.7. The zero-order valence-electron chi connectivity index (χ0n) is 35.7. The summed E-state index contributed by atoms with van der Waals surface area (Å²) in [7, 11) is 2.59. The van der Waals surface area contributed by atoms with E-state index >= 15 is 0 Å². The minimum atomic E-state index is -0.764. The van der Waals surface area contributed by atoms with Gasteiger partial charge in [0.1, 0.15) is 45.4 Å². The number of hydrogen-bond acceptors (Lipinski definition) is 10. The molecule has 2 saturated carbocycles. The highest BCUT2D eigenvalue weighted by Gasteiger charge is 2.58. The topological polar surface area (TPSA) is 193 Å². The van der Waals surface area contributed by atoms with Gasteiger partial charge in [0.2, 0.25) is 11.8 Å². The molecule has 4 aromatic rings. The van der Waals surface area contributed by atoms with Crippen molar-refractivity contribution in [3.05, 3.63) is 70.5 Å². The Labute approximate surface area is 380 Å². The molecule has 6 fully saturated rings. The van der Waals surface area contributed by atoms with Gasteiger partial charge in [0.25, 0.3) is 0 Å². The van der Waals surface area contributed by atoms with E-state index < -0.39 is 24.3 Å². The number of H-pyrrole nitrogens is 2. The molecule has 16 nitrogen and oxygen atoms in total. The molecule has 2 aromatic heterocycles. The maximum absolute atomic E-state index is 14.3. The third-order valence-electron chi connectivity index (χ3n) is 14.1. The molecule has 64 heavy (non-hydrogen) atoms.